The van der Waals surface area contributed by atoms with Crippen LogP contribution in [0.15, 0.2) is 23.2 Å². The number of rotatable bonds is 5. The zero-order valence-corrected chi connectivity index (χ0v) is 12.1. The standard InChI is InChI=1S/C16H19NO4/c1-19-14-3-2-12(16(6-7-16)17-11-18)10-15(14)21-13-4-8-20-9-5-13/h2-3,10,13H,4-9H2,1H3. The molecule has 1 aromatic carbocycles. The Morgan fingerprint density at radius 3 is 2.67 bits per heavy atom. The summed E-state index contributed by atoms with van der Waals surface area (Å²) in [7, 11) is 1.63. The Morgan fingerprint density at radius 1 is 1.29 bits per heavy atom. The van der Waals surface area contributed by atoms with E-state index in [0.717, 1.165) is 44.5 Å². The first-order valence-electron chi connectivity index (χ1n) is 7.29. The van der Waals surface area contributed by atoms with Gasteiger partial charge in [-0.1, -0.05) is 6.07 Å². The number of isocyanates is 1. The van der Waals surface area contributed by atoms with Crippen LogP contribution >= 0.6 is 0 Å². The van der Waals surface area contributed by atoms with E-state index in [1.54, 1.807) is 13.2 Å². The van der Waals surface area contributed by atoms with Gasteiger partial charge in [0.2, 0.25) is 6.08 Å². The Bertz CT molecular complexity index is 555. The van der Waals surface area contributed by atoms with Crippen LogP contribution in [0.1, 0.15) is 31.2 Å². The predicted molar refractivity (Wildman–Crippen MR) is 76.5 cm³/mol. The SMILES string of the molecule is COc1ccc(C2(N=C=O)CC2)cc1OC1CCOCC1. The number of aliphatic imine (C=N–C) groups is 1. The first-order chi connectivity index (χ1) is 10.3. The molecular formula is C16H19NO4. The second kappa shape index (κ2) is 5.88. The fourth-order valence-corrected chi connectivity index (χ4v) is 2.70. The van der Waals surface area contributed by atoms with Crippen molar-refractivity contribution in [1.82, 2.24) is 0 Å². The van der Waals surface area contributed by atoms with Crippen LogP contribution in [0.4, 0.5) is 0 Å². The van der Waals surface area contributed by atoms with Gasteiger partial charge in [-0.2, -0.15) is 4.99 Å². The van der Waals surface area contributed by atoms with Crippen molar-refractivity contribution in [3.63, 3.8) is 0 Å². The summed E-state index contributed by atoms with van der Waals surface area (Å²) in [5.74, 6) is 1.42. The molecule has 3 rings (SSSR count). The van der Waals surface area contributed by atoms with Gasteiger partial charge < -0.3 is 14.2 Å². The van der Waals surface area contributed by atoms with Gasteiger partial charge in [0, 0.05) is 12.8 Å². The highest BCUT2D eigenvalue weighted by atomic mass is 16.5. The predicted octanol–water partition coefficient (Wildman–Crippen LogP) is 2.58. The molecule has 0 aromatic heterocycles. The van der Waals surface area contributed by atoms with E-state index in [-0.39, 0.29) is 11.6 Å². The van der Waals surface area contributed by atoms with Crippen LogP contribution in [0.5, 0.6) is 11.5 Å². The molecule has 21 heavy (non-hydrogen) atoms. The summed E-state index contributed by atoms with van der Waals surface area (Å²) in [6.45, 7) is 1.46. The van der Waals surface area contributed by atoms with Crippen LogP contribution in [0, 0.1) is 0 Å². The zero-order valence-electron chi connectivity index (χ0n) is 12.1. The molecule has 0 spiro atoms. The Hall–Kier alpha value is -1.84. The molecule has 2 aliphatic rings. The quantitative estimate of drug-likeness (QED) is 0.617. The van der Waals surface area contributed by atoms with Gasteiger partial charge in [0.1, 0.15) is 6.10 Å². The van der Waals surface area contributed by atoms with Crippen molar-refractivity contribution >= 4 is 6.08 Å². The molecule has 0 bridgehead atoms. The minimum Gasteiger partial charge on any atom is -0.493 e. The third-order valence-electron chi connectivity index (χ3n) is 4.15. The summed E-state index contributed by atoms with van der Waals surface area (Å²) < 4.78 is 16.8. The Kier molecular flexibility index (Phi) is 3.95. The Morgan fingerprint density at radius 2 is 2.05 bits per heavy atom. The zero-order chi connectivity index (χ0) is 14.7. The summed E-state index contributed by atoms with van der Waals surface area (Å²) in [6, 6.07) is 5.77. The van der Waals surface area contributed by atoms with Crippen molar-refractivity contribution in [3.8, 4) is 11.5 Å². The van der Waals surface area contributed by atoms with E-state index in [9.17, 15) is 4.79 Å². The monoisotopic (exact) mass is 289 g/mol. The van der Waals surface area contributed by atoms with E-state index in [1.165, 1.54) is 0 Å². The minimum absolute atomic E-state index is 0.146. The Balaban J connectivity index is 1.85. The van der Waals surface area contributed by atoms with E-state index in [1.807, 2.05) is 18.2 Å². The second-order valence-corrected chi connectivity index (χ2v) is 5.53. The van der Waals surface area contributed by atoms with E-state index in [0.29, 0.717) is 11.5 Å². The van der Waals surface area contributed by atoms with Gasteiger partial charge in [-0.15, -0.1) is 0 Å². The fourth-order valence-electron chi connectivity index (χ4n) is 2.70. The number of methoxy groups -OCH3 is 1. The highest BCUT2D eigenvalue weighted by Crippen LogP contribution is 2.50. The molecule has 1 heterocycles. The van der Waals surface area contributed by atoms with Crippen molar-refractivity contribution in [2.45, 2.75) is 37.3 Å². The lowest BCUT2D eigenvalue weighted by Gasteiger charge is -2.24. The normalized spacial score (nSPS) is 20.4. The van der Waals surface area contributed by atoms with E-state index in [4.69, 9.17) is 14.2 Å². The third kappa shape index (κ3) is 2.94. The number of carbonyl (C=O) groups excluding carboxylic acids is 1. The van der Waals surface area contributed by atoms with E-state index in [2.05, 4.69) is 4.99 Å². The highest BCUT2D eigenvalue weighted by Gasteiger charge is 2.45. The van der Waals surface area contributed by atoms with Crippen LogP contribution < -0.4 is 9.47 Å². The molecule has 0 amide bonds. The molecule has 1 saturated heterocycles. The van der Waals surface area contributed by atoms with E-state index < -0.39 is 0 Å². The first kappa shape index (κ1) is 14.1. The van der Waals surface area contributed by atoms with Gasteiger partial charge in [0.15, 0.2) is 11.5 Å². The number of ether oxygens (including phenoxy) is 3. The molecule has 0 unspecified atom stereocenters. The Labute approximate surface area is 123 Å². The smallest absolute Gasteiger partial charge is 0.235 e. The van der Waals surface area contributed by atoms with Gasteiger partial charge in [0.05, 0.1) is 25.9 Å². The molecule has 112 valence electrons. The lowest BCUT2D eigenvalue weighted by Crippen LogP contribution is -2.26. The summed E-state index contributed by atoms with van der Waals surface area (Å²) >= 11 is 0. The number of benzene rings is 1. The molecule has 1 aliphatic carbocycles. The molecular weight excluding hydrogens is 270 g/mol. The highest BCUT2D eigenvalue weighted by molar-refractivity contribution is 5.48. The molecule has 1 saturated carbocycles. The molecule has 2 fully saturated rings. The molecule has 0 N–H and O–H groups in total. The summed E-state index contributed by atoms with van der Waals surface area (Å²) in [4.78, 5) is 14.6. The van der Waals surface area contributed by atoms with Crippen molar-refractivity contribution in [2.24, 2.45) is 4.99 Å². The van der Waals surface area contributed by atoms with Crippen molar-refractivity contribution in [1.29, 1.82) is 0 Å². The first-order valence-corrected chi connectivity index (χ1v) is 7.29. The summed E-state index contributed by atoms with van der Waals surface area (Å²) in [5, 5.41) is 0. The molecule has 5 nitrogen and oxygen atoms in total. The lowest BCUT2D eigenvalue weighted by molar-refractivity contribution is 0.0245. The summed E-state index contributed by atoms with van der Waals surface area (Å²) in [6.07, 6.45) is 5.35. The van der Waals surface area contributed by atoms with Crippen LogP contribution in [0.3, 0.4) is 0 Å². The van der Waals surface area contributed by atoms with Crippen LogP contribution in [0.2, 0.25) is 0 Å². The lowest BCUT2D eigenvalue weighted by atomic mass is 10.0. The van der Waals surface area contributed by atoms with E-state index >= 15 is 0 Å². The largest absolute Gasteiger partial charge is 0.493 e. The fraction of sp³-hybridized carbons (Fsp3) is 0.562. The maximum Gasteiger partial charge on any atom is 0.235 e. The van der Waals surface area contributed by atoms with Gasteiger partial charge in [0.25, 0.3) is 0 Å². The second-order valence-electron chi connectivity index (χ2n) is 5.53. The van der Waals surface area contributed by atoms with Gasteiger partial charge in [-0.05, 0) is 30.5 Å². The molecule has 1 aromatic rings. The molecule has 5 heteroatoms. The molecule has 0 atom stereocenters. The summed E-state index contributed by atoms with van der Waals surface area (Å²) in [5.41, 5.74) is 0.607. The number of hydrogen-bond donors (Lipinski definition) is 0. The minimum atomic E-state index is -0.387. The van der Waals surface area contributed by atoms with Gasteiger partial charge >= 0.3 is 0 Å². The van der Waals surface area contributed by atoms with Crippen LogP contribution in [0.25, 0.3) is 0 Å². The average molecular weight is 289 g/mol. The number of nitrogens with zero attached hydrogens (tertiary/aromatic N) is 1. The molecule has 1 aliphatic heterocycles. The molecule has 0 radical (unpaired) electrons. The maximum absolute atomic E-state index is 10.6. The van der Waals surface area contributed by atoms with Gasteiger partial charge in [-0.25, -0.2) is 4.79 Å². The number of hydrogen-bond acceptors (Lipinski definition) is 5. The average Bonchev–Trinajstić information content (AvgIpc) is 3.29. The van der Waals surface area contributed by atoms with Crippen LogP contribution in [-0.2, 0) is 15.1 Å². The van der Waals surface area contributed by atoms with Crippen molar-refractivity contribution in [2.75, 3.05) is 20.3 Å². The third-order valence-corrected chi connectivity index (χ3v) is 4.15. The van der Waals surface area contributed by atoms with Gasteiger partial charge in [-0.3, -0.25) is 0 Å². The van der Waals surface area contributed by atoms with Crippen molar-refractivity contribution in [3.05, 3.63) is 23.8 Å². The topological polar surface area (TPSA) is 57.1 Å². The maximum atomic E-state index is 10.6. The van der Waals surface area contributed by atoms with Crippen molar-refractivity contribution < 1.29 is 19.0 Å². The van der Waals surface area contributed by atoms with Crippen LogP contribution in [-0.4, -0.2) is 32.5 Å².